The van der Waals surface area contributed by atoms with Crippen LogP contribution in [-0.2, 0) is 6.42 Å². The zero-order chi connectivity index (χ0) is 15.6. The average Bonchev–Trinajstić information content (AvgIpc) is 2.42. The SMILES string of the molecule is O=C(Cc1c(F)cccc1Cl)c1ccc([N+](=O)[O-])cc1F. The lowest BCUT2D eigenvalue weighted by Gasteiger charge is -2.06. The van der Waals surface area contributed by atoms with E-state index in [4.69, 9.17) is 11.6 Å². The summed E-state index contributed by atoms with van der Waals surface area (Å²) in [6.07, 6.45) is -0.430. The minimum atomic E-state index is -1.03. The summed E-state index contributed by atoms with van der Waals surface area (Å²) in [5.74, 6) is -2.41. The number of nitro benzene ring substituents is 1. The van der Waals surface area contributed by atoms with Gasteiger partial charge in [0.25, 0.3) is 5.69 Å². The van der Waals surface area contributed by atoms with Gasteiger partial charge < -0.3 is 0 Å². The van der Waals surface area contributed by atoms with Crippen LogP contribution in [0.3, 0.4) is 0 Å². The van der Waals surface area contributed by atoms with Gasteiger partial charge in [0.1, 0.15) is 11.6 Å². The number of halogens is 3. The van der Waals surface area contributed by atoms with Gasteiger partial charge in [0.15, 0.2) is 5.78 Å². The smallest absolute Gasteiger partial charge is 0.272 e. The number of Topliss-reactive ketones (excluding diaryl/α,β-unsaturated/α-hetero) is 1. The van der Waals surface area contributed by atoms with Gasteiger partial charge in [-0.25, -0.2) is 8.78 Å². The molecule has 0 aliphatic carbocycles. The quantitative estimate of drug-likeness (QED) is 0.488. The third-order valence-electron chi connectivity index (χ3n) is 2.86. The molecule has 0 heterocycles. The van der Waals surface area contributed by atoms with Gasteiger partial charge in [0.2, 0.25) is 0 Å². The first-order chi connectivity index (χ1) is 9.90. The fourth-order valence-electron chi connectivity index (χ4n) is 1.80. The highest BCUT2D eigenvalue weighted by atomic mass is 35.5. The first-order valence-corrected chi connectivity index (χ1v) is 6.18. The Morgan fingerprint density at radius 2 is 1.90 bits per heavy atom. The van der Waals surface area contributed by atoms with Crippen LogP contribution in [0.2, 0.25) is 5.02 Å². The van der Waals surface area contributed by atoms with Gasteiger partial charge >= 0.3 is 0 Å². The minimum Gasteiger partial charge on any atom is -0.294 e. The molecule has 0 saturated carbocycles. The van der Waals surface area contributed by atoms with Crippen LogP contribution in [0.5, 0.6) is 0 Å². The van der Waals surface area contributed by atoms with E-state index < -0.39 is 34.4 Å². The summed E-state index contributed by atoms with van der Waals surface area (Å²) in [6.45, 7) is 0. The van der Waals surface area contributed by atoms with Crippen molar-refractivity contribution >= 4 is 23.1 Å². The second-order valence-corrected chi connectivity index (χ2v) is 4.63. The molecule has 0 fully saturated rings. The van der Waals surface area contributed by atoms with Crippen molar-refractivity contribution in [2.24, 2.45) is 0 Å². The Morgan fingerprint density at radius 1 is 1.19 bits per heavy atom. The maximum absolute atomic E-state index is 13.7. The molecule has 0 bridgehead atoms. The van der Waals surface area contributed by atoms with E-state index in [0.29, 0.717) is 6.07 Å². The van der Waals surface area contributed by atoms with Crippen LogP contribution in [0.25, 0.3) is 0 Å². The van der Waals surface area contributed by atoms with Crippen molar-refractivity contribution in [3.8, 4) is 0 Å². The number of non-ortho nitro benzene ring substituents is 1. The molecule has 2 aromatic rings. The van der Waals surface area contributed by atoms with Gasteiger partial charge in [-0.2, -0.15) is 0 Å². The summed E-state index contributed by atoms with van der Waals surface area (Å²) in [5, 5.41) is 10.6. The van der Waals surface area contributed by atoms with E-state index in [0.717, 1.165) is 18.2 Å². The molecule has 0 unspecified atom stereocenters. The highest BCUT2D eigenvalue weighted by Gasteiger charge is 2.19. The molecule has 0 saturated heterocycles. The maximum atomic E-state index is 13.7. The predicted molar refractivity (Wildman–Crippen MR) is 72.5 cm³/mol. The van der Waals surface area contributed by atoms with Crippen molar-refractivity contribution in [2.75, 3.05) is 0 Å². The molecule has 0 N–H and O–H groups in total. The van der Waals surface area contributed by atoms with Crippen molar-refractivity contribution in [1.29, 1.82) is 0 Å². The topological polar surface area (TPSA) is 60.2 Å². The van der Waals surface area contributed by atoms with E-state index in [-0.39, 0.29) is 16.1 Å². The fourth-order valence-corrected chi connectivity index (χ4v) is 2.03. The lowest BCUT2D eigenvalue weighted by molar-refractivity contribution is -0.385. The van der Waals surface area contributed by atoms with Crippen LogP contribution in [0.4, 0.5) is 14.5 Å². The lowest BCUT2D eigenvalue weighted by atomic mass is 10.0. The Labute approximate surface area is 123 Å². The summed E-state index contributed by atoms with van der Waals surface area (Å²) in [7, 11) is 0. The van der Waals surface area contributed by atoms with Gasteiger partial charge in [-0.05, 0) is 18.2 Å². The predicted octanol–water partition coefficient (Wildman–Crippen LogP) is 3.95. The van der Waals surface area contributed by atoms with Gasteiger partial charge in [-0.15, -0.1) is 0 Å². The summed E-state index contributed by atoms with van der Waals surface area (Å²) in [4.78, 5) is 21.7. The third-order valence-corrected chi connectivity index (χ3v) is 3.22. The van der Waals surface area contributed by atoms with E-state index in [9.17, 15) is 23.7 Å². The highest BCUT2D eigenvalue weighted by Crippen LogP contribution is 2.23. The van der Waals surface area contributed by atoms with Crippen LogP contribution in [0.15, 0.2) is 36.4 Å². The van der Waals surface area contributed by atoms with Gasteiger partial charge in [-0.3, -0.25) is 14.9 Å². The molecule has 0 aliphatic rings. The molecule has 2 aromatic carbocycles. The molecule has 0 spiro atoms. The molecule has 108 valence electrons. The Balaban J connectivity index is 2.31. The highest BCUT2D eigenvalue weighted by molar-refractivity contribution is 6.31. The van der Waals surface area contributed by atoms with Crippen LogP contribution in [0.1, 0.15) is 15.9 Å². The summed E-state index contributed by atoms with van der Waals surface area (Å²) < 4.78 is 27.3. The van der Waals surface area contributed by atoms with Crippen LogP contribution in [0, 0.1) is 21.7 Å². The molecular weight excluding hydrogens is 304 g/mol. The van der Waals surface area contributed by atoms with Crippen molar-refractivity contribution < 1.29 is 18.5 Å². The molecule has 0 atom stereocenters. The number of nitrogens with zero attached hydrogens (tertiary/aromatic N) is 1. The van der Waals surface area contributed by atoms with Crippen molar-refractivity contribution in [3.05, 3.63) is 74.3 Å². The average molecular weight is 312 g/mol. The van der Waals surface area contributed by atoms with E-state index >= 15 is 0 Å². The van der Waals surface area contributed by atoms with Crippen LogP contribution in [-0.4, -0.2) is 10.7 Å². The molecule has 0 aliphatic heterocycles. The van der Waals surface area contributed by atoms with Crippen molar-refractivity contribution in [1.82, 2.24) is 0 Å². The lowest BCUT2D eigenvalue weighted by Crippen LogP contribution is -2.08. The van der Waals surface area contributed by atoms with Gasteiger partial charge in [0.05, 0.1) is 16.6 Å². The molecule has 0 aromatic heterocycles. The normalized spacial score (nSPS) is 10.4. The Bertz CT molecular complexity index is 714. The second-order valence-electron chi connectivity index (χ2n) is 4.22. The maximum Gasteiger partial charge on any atom is 0.272 e. The van der Waals surface area contributed by atoms with E-state index in [1.807, 2.05) is 0 Å². The van der Waals surface area contributed by atoms with Gasteiger partial charge in [-0.1, -0.05) is 17.7 Å². The molecule has 4 nitrogen and oxygen atoms in total. The van der Waals surface area contributed by atoms with E-state index in [2.05, 4.69) is 0 Å². The second kappa shape index (κ2) is 5.97. The molecule has 0 radical (unpaired) electrons. The molecule has 2 rings (SSSR count). The number of benzene rings is 2. The number of nitro groups is 1. The number of rotatable bonds is 4. The standard InChI is InChI=1S/C14H8ClF2NO3/c15-11-2-1-3-12(16)10(11)7-14(19)9-5-4-8(18(20)21)6-13(9)17/h1-6H,7H2. The largest absolute Gasteiger partial charge is 0.294 e. The Hall–Kier alpha value is -2.34. The molecule has 7 heteroatoms. The van der Waals surface area contributed by atoms with Crippen molar-refractivity contribution in [3.63, 3.8) is 0 Å². The summed E-state index contributed by atoms with van der Waals surface area (Å²) in [5.41, 5.74) is -0.852. The van der Waals surface area contributed by atoms with Crippen molar-refractivity contribution in [2.45, 2.75) is 6.42 Å². The molecule has 0 amide bonds. The number of carbonyl (C=O) groups excluding carboxylic acids is 1. The summed E-state index contributed by atoms with van der Waals surface area (Å²) in [6, 6.07) is 6.61. The van der Waals surface area contributed by atoms with Crippen LogP contribution < -0.4 is 0 Å². The molecule has 21 heavy (non-hydrogen) atoms. The zero-order valence-electron chi connectivity index (χ0n) is 10.5. The van der Waals surface area contributed by atoms with E-state index in [1.165, 1.54) is 12.1 Å². The monoisotopic (exact) mass is 311 g/mol. The summed E-state index contributed by atoms with van der Waals surface area (Å²) >= 11 is 5.79. The minimum absolute atomic E-state index is 0.0399. The number of hydrogen-bond acceptors (Lipinski definition) is 3. The first kappa shape index (κ1) is 15.1. The first-order valence-electron chi connectivity index (χ1n) is 5.80. The van der Waals surface area contributed by atoms with Crippen LogP contribution >= 0.6 is 11.6 Å². The zero-order valence-corrected chi connectivity index (χ0v) is 11.2. The fraction of sp³-hybridized carbons (Fsp3) is 0.0714. The van der Waals surface area contributed by atoms with Gasteiger partial charge in [0, 0.05) is 23.1 Å². The van der Waals surface area contributed by atoms with E-state index in [1.54, 1.807) is 0 Å². The molecular formula is C14H8ClF2NO3. The Kier molecular flexibility index (Phi) is 4.28. The number of hydrogen-bond donors (Lipinski definition) is 0. The Morgan fingerprint density at radius 3 is 2.48 bits per heavy atom. The number of carbonyl (C=O) groups is 1. The third kappa shape index (κ3) is 3.22. The number of ketones is 1.